The van der Waals surface area contributed by atoms with E-state index in [1.807, 2.05) is 24.3 Å². The van der Waals surface area contributed by atoms with E-state index in [4.69, 9.17) is 18.9 Å². The smallest absolute Gasteiger partial charge is 0.234 e. The third-order valence-corrected chi connectivity index (χ3v) is 5.18. The van der Waals surface area contributed by atoms with Gasteiger partial charge in [0.25, 0.3) is 0 Å². The van der Waals surface area contributed by atoms with Crippen molar-refractivity contribution in [2.24, 2.45) is 0 Å². The highest BCUT2D eigenvalue weighted by Gasteiger charge is 2.11. The molecule has 0 aliphatic rings. The van der Waals surface area contributed by atoms with Crippen LogP contribution in [-0.4, -0.2) is 55.3 Å². The lowest BCUT2D eigenvalue weighted by molar-refractivity contribution is -0.113. The highest BCUT2D eigenvalue weighted by molar-refractivity contribution is 7.99. The SMILES string of the molecule is COc1ccc(OC)c(NC(=O)CSc2n[nH]c(/C=C/c3ccc(OC)c(OC)c3)n2)c1. The topological polar surface area (TPSA) is 108 Å². The van der Waals surface area contributed by atoms with Gasteiger partial charge in [-0.25, -0.2) is 4.98 Å². The highest BCUT2D eigenvalue weighted by Crippen LogP contribution is 2.30. The molecule has 0 saturated heterocycles. The van der Waals surface area contributed by atoms with Gasteiger partial charge in [-0.1, -0.05) is 23.9 Å². The van der Waals surface area contributed by atoms with Crippen LogP contribution in [0.15, 0.2) is 41.6 Å². The summed E-state index contributed by atoms with van der Waals surface area (Å²) >= 11 is 1.22. The molecule has 0 aliphatic carbocycles. The quantitative estimate of drug-likeness (QED) is 0.444. The lowest BCUT2D eigenvalue weighted by atomic mass is 10.2. The van der Waals surface area contributed by atoms with Gasteiger partial charge in [-0.05, 0) is 35.9 Å². The van der Waals surface area contributed by atoms with E-state index in [1.54, 1.807) is 45.6 Å². The summed E-state index contributed by atoms with van der Waals surface area (Å²) in [5.74, 6) is 2.95. The fourth-order valence-corrected chi connectivity index (χ4v) is 3.36. The van der Waals surface area contributed by atoms with Crippen LogP contribution in [0, 0.1) is 0 Å². The first-order chi connectivity index (χ1) is 15.6. The van der Waals surface area contributed by atoms with E-state index < -0.39 is 0 Å². The maximum atomic E-state index is 12.4. The molecule has 2 aromatic carbocycles. The Hall–Kier alpha value is -3.66. The summed E-state index contributed by atoms with van der Waals surface area (Å²) in [6.45, 7) is 0. The van der Waals surface area contributed by atoms with Crippen molar-refractivity contribution in [1.29, 1.82) is 0 Å². The van der Waals surface area contributed by atoms with Gasteiger partial charge in [0.05, 0.1) is 39.9 Å². The zero-order valence-electron chi connectivity index (χ0n) is 18.2. The minimum absolute atomic E-state index is 0.136. The summed E-state index contributed by atoms with van der Waals surface area (Å²) in [6, 6.07) is 10.8. The maximum Gasteiger partial charge on any atom is 0.234 e. The summed E-state index contributed by atoms with van der Waals surface area (Å²) in [7, 11) is 6.28. The van der Waals surface area contributed by atoms with E-state index >= 15 is 0 Å². The molecule has 0 bridgehead atoms. The van der Waals surface area contributed by atoms with Gasteiger partial charge in [0.2, 0.25) is 11.1 Å². The second kappa shape index (κ2) is 11.1. The molecular formula is C22H24N4O5S. The van der Waals surface area contributed by atoms with E-state index in [0.717, 1.165) is 5.56 Å². The molecule has 0 aliphatic heterocycles. The predicted octanol–water partition coefficient (Wildman–Crippen LogP) is 3.74. The van der Waals surface area contributed by atoms with Crippen molar-refractivity contribution in [2.75, 3.05) is 39.5 Å². The average Bonchev–Trinajstić information content (AvgIpc) is 3.29. The number of aromatic nitrogens is 3. The summed E-state index contributed by atoms with van der Waals surface area (Å²) in [4.78, 5) is 16.7. The number of rotatable bonds is 10. The number of anilines is 1. The predicted molar refractivity (Wildman–Crippen MR) is 124 cm³/mol. The largest absolute Gasteiger partial charge is 0.497 e. The van der Waals surface area contributed by atoms with Gasteiger partial charge in [-0.3, -0.25) is 9.89 Å². The Balaban J connectivity index is 1.57. The van der Waals surface area contributed by atoms with Crippen LogP contribution < -0.4 is 24.3 Å². The molecule has 1 heterocycles. The molecule has 32 heavy (non-hydrogen) atoms. The molecule has 0 saturated carbocycles. The number of thioether (sulfide) groups is 1. The number of carbonyl (C=O) groups excluding carboxylic acids is 1. The minimum atomic E-state index is -0.214. The maximum absolute atomic E-state index is 12.4. The number of aromatic amines is 1. The minimum Gasteiger partial charge on any atom is -0.497 e. The van der Waals surface area contributed by atoms with Crippen molar-refractivity contribution in [3.63, 3.8) is 0 Å². The van der Waals surface area contributed by atoms with E-state index in [9.17, 15) is 4.79 Å². The number of nitrogens with one attached hydrogen (secondary N) is 2. The zero-order chi connectivity index (χ0) is 22.9. The third kappa shape index (κ3) is 5.94. The van der Waals surface area contributed by atoms with E-state index in [0.29, 0.717) is 39.7 Å². The fraction of sp³-hybridized carbons (Fsp3) is 0.227. The highest BCUT2D eigenvalue weighted by atomic mass is 32.2. The average molecular weight is 457 g/mol. The molecule has 0 fully saturated rings. The number of H-pyrrole nitrogens is 1. The Bertz CT molecular complexity index is 1100. The molecule has 2 N–H and O–H groups in total. The Morgan fingerprint density at radius 3 is 2.44 bits per heavy atom. The number of hydrogen-bond acceptors (Lipinski definition) is 8. The summed E-state index contributed by atoms with van der Waals surface area (Å²) in [5, 5.41) is 10.3. The molecular weight excluding hydrogens is 432 g/mol. The van der Waals surface area contributed by atoms with Crippen LogP contribution in [0.5, 0.6) is 23.0 Å². The van der Waals surface area contributed by atoms with Gasteiger partial charge in [-0.15, -0.1) is 5.10 Å². The van der Waals surface area contributed by atoms with E-state index in [2.05, 4.69) is 20.5 Å². The Morgan fingerprint density at radius 1 is 0.969 bits per heavy atom. The van der Waals surface area contributed by atoms with Crippen molar-refractivity contribution in [1.82, 2.24) is 15.2 Å². The number of ether oxygens (including phenoxy) is 4. The number of nitrogens with zero attached hydrogens (tertiary/aromatic N) is 2. The number of methoxy groups -OCH3 is 4. The molecule has 9 nitrogen and oxygen atoms in total. The second-order valence-electron chi connectivity index (χ2n) is 6.35. The standard InChI is InChI=1S/C22H24N4O5S/c1-28-15-7-9-17(29-2)16(12-15)23-21(27)13-32-22-24-20(25-26-22)10-6-14-5-8-18(30-3)19(11-14)31-4/h5-12H,13H2,1-4H3,(H,23,27)(H,24,25,26)/b10-6+. The molecule has 3 aromatic rings. The zero-order valence-corrected chi connectivity index (χ0v) is 19.0. The Morgan fingerprint density at radius 2 is 1.72 bits per heavy atom. The van der Waals surface area contributed by atoms with Crippen LogP contribution >= 0.6 is 11.8 Å². The van der Waals surface area contributed by atoms with E-state index in [-0.39, 0.29) is 11.7 Å². The van der Waals surface area contributed by atoms with Crippen molar-refractivity contribution in [3.8, 4) is 23.0 Å². The van der Waals surface area contributed by atoms with Gasteiger partial charge in [-0.2, -0.15) is 0 Å². The van der Waals surface area contributed by atoms with Crippen molar-refractivity contribution in [2.45, 2.75) is 5.16 Å². The third-order valence-electron chi connectivity index (χ3n) is 4.34. The monoisotopic (exact) mass is 456 g/mol. The Labute approximate surface area is 190 Å². The number of benzene rings is 2. The van der Waals surface area contributed by atoms with E-state index in [1.165, 1.54) is 18.9 Å². The van der Waals surface area contributed by atoms with Crippen LogP contribution in [0.1, 0.15) is 11.4 Å². The van der Waals surface area contributed by atoms with Crippen molar-refractivity contribution in [3.05, 3.63) is 47.8 Å². The molecule has 0 unspecified atom stereocenters. The van der Waals surface area contributed by atoms with Crippen LogP contribution in [0.3, 0.4) is 0 Å². The normalized spacial score (nSPS) is 10.8. The van der Waals surface area contributed by atoms with Gasteiger partial charge in [0.15, 0.2) is 11.5 Å². The van der Waals surface area contributed by atoms with Gasteiger partial charge >= 0.3 is 0 Å². The van der Waals surface area contributed by atoms with Crippen LogP contribution in [0.2, 0.25) is 0 Å². The molecule has 1 aromatic heterocycles. The van der Waals surface area contributed by atoms with Crippen LogP contribution in [0.25, 0.3) is 12.2 Å². The lowest BCUT2D eigenvalue weighted by Gasteiger charge is -2.11. The molecule has 3 rings (SSSR count). The van der Waals surface area contributed by atoms with Gasteiger partial charge < -0.3 is 24.3 Å². The number of amides is 1. The fourth-order valence-electron chi connectivity index (χ4n) is 2.76. The molecule has 168 valence electrons. The number of carbonyl (C=O) groups is 1. The molecule has 10 heteroatoms. The first kappa shape index (κ1) is 23.0. The van der Waals surface area contributed by atoms with Gasteiger partial charge in [0, 0.05) is 6.07 Å². The molecule has 1 amide bonds. The van der Waals surface area contributed by atoms with Gasteiger partial charge in [0.1, 0.15) is 17.3 Å². The number of hydrogen-bond donors (Lipinski definition) is 2. The van der Waals surface area contributed by atoms with Crippen molar-refractivity contribution >= 4 is 35.5 Å². The summed E-state index contributed by atoms with van der Waals surface area (Å²) in [6.07, 6.45) is 3.66. The first-order valence-electron chi connectivity index (χ1n) is 9.53. The lowest BCUT2D eigenvalue weighted by Crippen LogP contribution is -2.15. The molecule has 0 spiro atoms. The second-order valence-corrected chi connectivity index (χ2v) is 7.30. The molecule has 0 radical (unpaired) electrons. The van der Waals surface area contributed by atoms with Crippen LogP contribution in [0.4, 0.5) is 5.69 Å². The summed E-state index contributed by atoms with van der Waals surface area (Å²) in [5.41, 5.74) is 1.45. The molecule has 0 atom stereocenters. The summed E-state index contributed by atoms with van der Waals surface area (Å²) < 4.78 is 21.0. The first-order valence-corrected chi connectivity index (χ1v) is 10.5. The van der Waals surface area contributed by atoms with Crippen molar-refractivity contribution < 1.29 is 23.7 Å². The Kier molecular flexibility index (Phi) is 7.98. The van der Waals surface area contributed by atoms with Crippen LogP contribution in [-0.2, 0) is 4.79 Å².